The van der Waals surface area contributed by atoms with Crippen molar-refractivity contribution in [3.8, 4) is 5.75 Å². The van der Waals surface area contributed by atoms with E-state index in [9.17, 15) is 4.79 Å². The molecule has 0 fully saturated rings. The maximum Gasteiger partial charge on any atom is 0.138 e. The molecule has 16 heavy (non-hydrogen) atoms. The van der Waals surface area contributed by atoms with Gasteiger partial charge in [-0.2, -0.15) is 0 Å². The number of Topliss-reactive ketones (excluding diaryl/α,β-unsaturated/α-hetero) is 1. The zero-order valence-electron chi connectivity index (χ0n) is 10.2. The molecule has 0 aromatic heterocycles. The number of rotatable bonds is 6. The zero-order valence-corrected chi connectivity index (χ0v) is 10.2. The van der Waals surface area contributed by atoms with Gasteiger partial charge in [-0.1, -0.05) is 17.7 Å². The Morgan fingerprint density at radius 1 is 1.44 bits per heavy atom. The Kier molecular flexibility index (Phi) is 4.99. The van der Waals surface area contributed by atoms with Gasteiger partial charge < -0.3 is 10.1 Å². The second kappa shape index (κ2) is 6.28. The molecule has 3 heteroatoms. The van der Waals surface area contributed by atoms with E-state index in [0.29, 0.717) is 12.8 Å². The van der Waals surface area contributed by atoms with Crippen LogP contribution in [0.1, 0.15) is 17.5 Å². The SMILES string of the molecule is CNCCC(=O)Cc1cc(C)ccc1OC. The monoisotopic (exact) mass is 221 g/mol. The lowest BCUT2D eigenvalue weighted by atomic mass is 10.0. The van der Waals surface area contributed by atoms with Crippen molar-refractivity contribution in [2.75, 3.05) is 20.7 Å². The summed E-state index contributed by atoms with van der Waals surface area (Å²) < 4.78 is 5.24. The summed E-state index contributed by atoms with van der Waals surface area (Å²) in [6, 6.07) is 5.91. The number of ketones is 1. The minimum absolute atomic E-state index is 0.234. The van der Waals surface area contributed by atoms with Crippen LogP contribution in [0.5, 0.6) is 5.75 Å². The highest BCUT2D eigenvalue weighted by Gasteiger charge is 2.08. The van der Waals surface area contributed by atoms with Crippen LogP contribution in [0.4, 0.5) is 0 Å². The van der Waals surface area contributed by atoms with E-state index in [0.717, 1.165) is 23.4 Å². The number of benzene rings is 1. The van der Waals surface area contributed by atoms with Crippen LogP contribution in [-0.4, -0.2) is 26.5 Å². The maximum atomic E-state index is 11.7. The van der Waals surface area contributed by atoms with E-state index in [1.165, 1.54) is 0 Å². The zero-order chi connectivity index (χ0) is 12.0. The first-order chi connectivity index (χ1) is 7.67. The Hall–Kier alpha value is -1.35. The molecule has 0 bridgehead atoms. The van der Waals surface area contributed by atoms with Gasteiger partial charge in [-0.3, -0.25) is 4.79 Å². The number of aryl methyl sites for hydroxylation is 1. The van der Waals surface area contributed by atoms with E-state index in [1.54, 1.807) is 7.11 Å². The van der Waals surface area contributed by atoms with Gasteiger partial charge in [-0.25, -0.2) is 0 Å². The molecule has 0 saturated carbocycles. The molecule has 88 valence electrons. The van der Waals surface area contributed by atoms with Crippen LogP contribution in [-0.2, 0) is 11.2 Å². The smallest absolute Gasteiger partial charge is 0.138 e. The van der Waals surface area contributed by atoms with E-state index in [2.05, 4.69) is 5.32 Å². The first-order valence-electron chi connectivity index (χ1n) is 5.47. The number of ether oxygens (including phenoxy) is 1. The summed E-state index contributed by atoms with van der Waals surface area (Å²) in [4.78, 5) is 11.7. The molecule has 1 N–H and O–H groups in total. The maximum absolute atomic E-state index is 11.7. The number of methoxy groups -OCH3 is 1. The molecule has 1 aromatic rings. The van der Waals surface area contributed by atoms with E-state index in [-0.39, 0.29) is 5.78 Å². The van der Waals surface area contributed by atoms with Crippen molar-refractivity contribution in [1.29, 1.82) is 0 Å². The average Bonchev–Trinajstić information content (AvgIpc) is 2.27. The molecule has 1 aromatic carbocycles. The van der Waals surface area contributed by atoms with Crippen LogP contribution in [0.25, 0.3) is 0 Å². The van der Waals surface area contributed by atoms with Crippen molar-refractivity contribution in [2.24, 2.45) is 0 Å². The standard InChI is InChI=1S/C13H19NO2/c1-10-4-5-13(16-3)11(8-10)9-12(15)6-7-14-2/h4-5,8,14H,6-7,9H2,1-3H3. The van der Waals surface area contributed by atoms with Crippen molar-refractivity contribution < 1.29 is 9.53 Å². The van der Waals surface area contributed by atoms with Crippen LogP contribution in [0.15, 0.2) is 18.2 Å². The van der Waals surface area contributed by atoms with Crippen molar-refractivity contribution in [3.05, 3.63) is 29.3 Å². The molecule has 0 spiro atoms. The Labute approximate surface area is 96.8 Å². The van der Waals surface area contributed by atoms with Crippen LogP contribution >= 0.6 is 0 Å². The molecule has 0 atom stereocenters. The van der Waals surface area contributed by atoms with Gasteiger partial charge in [0.25, 0.3) is 0 Å². The average molecular weight is 221 g/mol. The molecule has 3 nitrogen and oxygen atoms in total. The molecule has 0 unspecified atom stereocenters. The predicted octanol–water partition coefficient (Wildman–Crippen LogP) is 1.72. The predicted molar refractivity (Wildman–Crippen MR) is 65.0 cm³/mol. The third kappa shape index (κ3) is 3.66. The van der Waals surface area contributed by atoms with Crippen molar-refractivity contribution >= 4 is 5.78 Å². The van der Waals surface area contributed by atoms with Gasteiger partial charge in [0.1, 0.15) is 11.5 Å². The Balaban J connectivity index is 2.71. The molecule has 0 amide bonds. The van der Waals surface area contributed by atoms with E-state index < -0.39 is 0 Å². The summed E-state index contributed by atoms with van der Waals surface area (Å²) in [5.74, 6) is 1.03. The molecule has 0 saturated heterocycles. The summed E-state index contributed by atoms with van der Waals surface area (Å²) in [5, 5.41) is 2.97. The number of nitrogens with one attached hydrogen (secondary N) is 1. The first-order valence-corrected chi connectivity index (χ1v) is 5.47. The minimum Gasteiger partial charge on any atom is -0.496 e. The highest BCUT2D eigenvalue weighted by Crippen LogP contribution is 2.20. The van der Waals surface area contributed by atoms with Crippen LogP contribution in [0, 0.1) is 6.92 Å². The number of carbonyl (C=O) groups excluding carboxylic acids is 1. The Morgan fingerprint density at radius 3 is 2.81 bits per heavy atom. The van der Waals surface area contributed by atoms with Gasteiger partial charge >= 0.3 is 0 Å². The molecule has 0 aliphatic carbocycles. The minimum atomic E-state index is 0.234. The lowest BCUT2D eigenvalue weighted by Crippen LogP contribution is -2.14. The van der Waals surface area contributed by atoms with Crippen molar-refractivity contribution in [2.45, 2.75) is 19.8 Å². The van der Waals surface area contributed by atoms with Gasteiger partial charge in [0.05, 0.1) is 7.11 Å². The second-order valence-electron chi connectivity index (χ2n) is 3.88. The fourth-order valence-corrected chi connectivity index (χ4v) is 1.61. The van der Waals surface area contributed by atoms with Gasteiger partial charge in [0, 0.05) is 24.9 Å². The largest absolute Gasteiger partial charge is 0.496 e. The van der Waals surface area contributed by atoms with Gasteiger partial charge in [-0.05, 0) is 20.0 Å². The first kappa shape index (κ1) is 12.7. The summed E-state index contributed by atoms with van der Waals surface area (Å²) in [5.41, 5.74) is 2.13. The summed E-state index contributed by atoms with van der Waals surface area (Å²) in [6.07, 6.45) is 1.01. The summed E-state index contributed by atoms with van der Waals surface area (Å²) in [6.45, 7) is 2.74. The van der Waals surface area contributed by atoms with Gasteiger partial charge in [-0.15, -0.1) is 0 Å². The van der Waals surface area contributed by atoms with Gasteiger partial charge in [0.2, 0.25) is 0 Å². The molecular weight excluding hydrogens is 202 g/mol. The van der Waals surface area contributed by atoms with E-state index in [4.69, 9.17) is 4.74 Å². The van der Waals surface area contributed by atoms with Crippen molar-refractivity contribution in [1.82, 2.24) is 5.32 Å². The highest BCUT2D eigenvalue weighted by atomic mass is 16.5. The number of carbonyl (C=O) groups is 1. The quantitative estimate of drug-likeness (QED) is 0.795. The normalized spacial score (nSPS) is 10.2. The lowest BCUT2D eigenvalue weighted by Gasteiger charge is -2.08. The molecule has 1 rings (SSSR count). The molecule has 0 aliphatic rings. The third-order valence-electron chi connectivity index (χ3n) is 2.48. The van der Waals surface area contributed by atoms with Crippen molar-refractivity contribution in [3.63, 3.8) is 0 Å². The molecule has 0 heterocycles. The molecule has 0 aliphatic heterocycles. The van der Waals surface area contributed by atoms with E-state index >= 15 is 0 Å². The summed E-state index contributed by atoms with van der Waals surface area (Å²) in [7, 11) is 3.48. The van der Waals surface area contributed by atoms with Gasteiger partial charge in [0.15, 0.2) is 0 Å². The van der Waals surface area contributed by atoms with Crippen LogP contribution in [0.3, 0.4) is 0 Å². The molecule has 0 radical (unpaired) electrons. The fourth-order valence-electron chi connectivity index (χ4n) is 1.61. The third-order valence-corrected chi connectivity index (χ3v) is 2.48. The summed E-state index contributed by atoms with van der Waals surface area (Å²) >= 11 is 0. The second-order valence-corrected chi connectivity index (χ2v) is 3.88. The topological polar surface area (TPSA) is 38.3 Å². The fraction of sp³-hybridized carbons (Fsp3) is 0.462. The van der Waals surface area contributed by atoms with Crippen LogP contribution < -0.4 is 10.1 Å². The Bertz CT molecular complexity index is 361. The number of hydrogen-bond donors (Lipinski definition) is 1. The van der Waals surface area contributed by atoms with E-state index in [1.807, 2.05) is 32.2 Å². The lowest BCUT2D eigenvalue weighted by molar-refractivity contribution is -0.118. The number of hydrogen-bond acceptors (Lipinski definition) is 3. The highest BCUT2D eigenvalue weighted by molar-refractivity contribution is 5.81. The Morgan fingerprint density at radius 2 is 2.19 bits per heavy atom. The van der Waals surface area contributed by atoms with Crippen LogP contribution in [0.2, 0.25) is 0 Å². The molecular formula is C13H19NO2.